The van der Waals surface area contributed by atoms with Crippen molar-refractivity contribution in [2.45, 2.75) is 19.3 Å². The number of carbonyl (C=O) groups is 1. The molecule has 2 saturated heterocycles. The lowest BCUT2D eigenvalue weighted by molar-refractivity contribution is -0.144. The molecule has 2 N–H and O–H groups in total. The van der Waals surface area contributed by atoms with E-state index in [1.54, 1.807) is 0 Å². The number of morpholine rings is 1. The molecule has 0 atom stereocenters. The van der Waals surface area contributed by atoms with E-state index >= 15 is 0 Å². The van der Waals surface area contributed by atoms with Crippen LogP contribution >= 0.6 is 0 Å². The lowest BCUT2D eigenvalue weighted by Crippen LogP contribution is -2.34. The van der Waals surface area contributed by atoms with Crippen molar-refractivity contribution < 1.29 is 19.0 Å². The number of nitrogens with one attached hydrogen (secondary N) is 2. The minimum atomic E-state index is -0.147. The van der Waals surface area contributed by atoms with Gasteiger partial charge in [0.15, 0.2) is 11.5 Å². The molecule has 0 radical (unpaired) electrons. The molecule has 23 heavy (non-hydrogen) atoms. The van der Waals surface area contributed by atoms with Gasteiger partial charge in [-0.05, 0) is 38.1 Å². The van der Waals surface area contributed by atoms with E-state index < -0.39 is 0 Å². The largest absolute Gasteiger partial charge is 0.486 e. The number of cyclic esters (lactones) is 1. The van der Waals surface area contributed by atoms with Gasteiger partial charge in [-0.3, -0.25) is 4.79 Å². The van der Waals surface area contributed by atoms with Crippen LogP contribution in [0.25, 0.3) is 0 Å². The summed E-state index contributed by atoms with van der Waals surface area (Å²) in [6.07, 6.45) is 4.22. The highest BCUT2D eigenvalue weighted by Gasteiger charge is 2.08. The number of fused-ring (bicyclic) bond motifs is 1. The maximum atomic E-state index is 10.2. The molecule has 6 heteroatoms. The van der Waals surface area contributed by atoms with Crippen LogP contribution in [0.3, 0.4) is 0 Å². The van der Waals surface area contributed by atoms with Crippen LogP contribution in [0.1, 0.15) is 19.3 Å². The first-order valence-corrected chi connectivity index (χ1v) is 8.28. The molecule has 1 aromatic carbocycles. The monoisotopic (exact) mass is 322 g/mol. The van der Waals surface area contributed by atoms with Crippen molar-refractivity contribution in [3.8, 4) is 11.5 Å². The van der Waals surface area contributed by atoms with Crippen LogP contribution < -0.4 is 20.1 Å². The van der Waals surface area contributed by atoms with Gasteiger partial charge in [0.1, 0.15) is 19.8 Å². The minimum absolute atomic E-state index is 0.147. The summed E-state index contributed by atoms with van der Waals surface area (Å²) in [7, 11) is 0. The Morgan fingerprint density at radius 2 is 1.39 bits per heavy atom. The molecule has 3 heterocycles. The average molecular weight is 322 g/mol. The summed E-state index contributed by atoms with van der Waals surface area (Å²) in [5, 5.41) is 6.14. The standard InChI is InChI=1S/C8H8O2.C5H11N.C4H7NO2/c1-2-4-8-7(3-1)9-5-6-10-8;1-2-4-6-5-3-1;6-4-3-5-1-2-7-4/h1-4H,5-6H2;6H,1-5H2;5H,1-3H2. The first-order valence-electron chi connectivity index (χ1n) is 8.28. The molecule has 3 aliphatic heterocycles. The molecule has 0 aliphatic carbocycles. The number of esters is 1. The molecule has 0 saturated carbocycles. The Morgan fingerprint density at radius 1 is 0.739 bits per heavy atom. The minimum Gasteiger partial charge on any atom is -0.486 e. The van der Waals surface area contributed by atoms with Gasteiger partial charge >= 0.3 is 5.97 Å². The fraction of sp³-hybridized carbons (Fsp3) is 0.588. The number of para-hydroxylation sites is 2. The molecule has 1 aromatic rings. The van der Waals surface area contributed by atoms with Crippen LogP contribution in [0.15, 0.2) is 24.3 Å². The average Bonchev–Trinajstić information content (AvgIpc) is 2.65. The second-order valence-electron chi connectivity index (χ2n) is 5.35. The molecule has 0 amide bonds. The van der Waals surface area contributed by atoms with Crippen molar-refractivity contribution in [3.63, 3.8) is 0 Å². The number of hydrogen-bond donors (Lipinski definition) is 2. The van der Waals surface area contributed by atoms with Crippen LogP contribution in [-0.4, -0.2) is 52.0 Å². The van der Waals surface area contributed by atoms with Crippen molar-refractivity contribution in [1.29, 1.82) is 0 Å². The van der Waals surface area contributed by atoms with E-state index in [1.165, 1.54) is 32.4 Å². The molecular formula is C17H26N2O4. The van der Waals surface area contributed by atoms with Crippen molar-refractivity contribution in [2.24, 2.45) is 0 Å². The van der Waals surface area contributed by atoms with Crippen molar-refractivity contribution in [3.05, 3.63) is 24.3 Å². The Balaban J connectivity index is 0.000000131. The highest BCUT2D eigenvalue weighted by atomic mass is 16.6. The molecular weight excluding hydrogens is 296 g/mol. The fourth-order valence-corrected chi connectivity index (χ4v) is 2.27. The van der Waals surface area contributed by atoms with Crippen molar-refractivity contribution in [1.82, 2.24) is 10.6 Å². The maximum Gasteiger partial charge on any atom is 0.319 e. The van der Waals surface area contributed by atoms with Crippen LogP contribution in [0.2, 0.25) is 0 Å². The number of hydrogen-bond acceptors (Lipinski definition) is 6. The number of benzene rings is 1. The summed E-state index contributed by atoms with van der Waals surface area (Å²) < 4.78 is 15.2. The Labute approximate surface area is 137 Å². The number of ether oxygens (including phenoxy) is 3. The fourth-order valence-electron chi connectivity index (χ4n) is 2.27. The van der Waals surface area contributed by atoms with Crippen molar-refractivity contribution >= 4 is 5.97 Å². The van der Waals surface area contributed by atoms with Gasteiger partial charge in [-0.1, -0.05) is 18.6 Å². The Bertz CT molecular complexity index is 419. The van der Waals surface area contributed by atoms with Gasteiger partial charge in [0.05, 0.1) is 6.54 Å². The molecule has 3 aliphatic rings. The molecule has 0 spiro atoms. The van der Waals surface area contributed by atoms with Gasteiger partial charge < -0.3 is 24.8 Å². The van der Waals surface area contributed by atoms with Crippen molar-refractivity contribution in [2.75, 3.05) is 46.0 Å². The Hall–Kier alpha value is -1.79. The second kappa shape index (κ2) is 10.9. The predicted octanol–water partition coefficient (Wildman–Crippen LogP) is 1.35. The smallest absolute Gasteiger partial charge is 0.319 e. The number of rotatable bonds is 0. The van der Waals surface area contributed by atoms with E-state index in [9.17, 15) is 4.79 Å². The molecule has 0 aromatic heterocycles. The summed E-state index contributed by atoms with van der Waals surface area (Å²) in [5.41, 5.74) is 0. The molecule has 0 unspecified atom stereocenters. The van der Waals surface area contributed by atoms with Gasteiger partial charge in [-0.25, -0.2) is 0 Å². The molecule has 0 bridgehead atoms. The van der Waals surface area contributed by atoms with Gasteiger partial charge in [-0.2, -0.15) is 0 Å². The van der Waals surface area contributed by atoms with Crippen LogP contribution in [0.5, 0.6) is 11.5 Å². The van der Waals surface area contributed by atoms with Gasteiger partial charge in [-0.15, -0.1) is 0 Å². The summed E-state index contributed by atoms with van der Waals surface area (Å²) >= 11 is 0. The molecule has 2 fully saturated rings. The van der Waals surface area contributed by atoms with E-state index in [1.807, 2.05) is 24.3 Å². The van der Waals surface area contributed by atoms with Gasteiger partial charge in [0.25, 0.3) is 0 Å². The van der Waals surface area contributed by atoms with Crippen LogP contribution in [0, 0.1) is 0 Å². The van der Waals surface area contributed by atoms with Gasteiger partial charge in [0.2, 0.25) is 0 Å². The first kappa shape index (κ1) is 17.6. The van der Waals surface area contributed by atoms with Gasteiger partial charge in [0, 0.05) is 6.54 Å². The maximum absolute atomic E-state index is 10.2. The summed E-state index contributed by atoms with van der Waals surface area (Å²) in [6.45, 7) is 5.53. The summed E-state index contributed by atoms with van der Waals surface area (Å²) in [5.74, 6) is 1.56. The second-order valence-corrected chi connectivity index (χ2v) is 5.35. The first-order chi connectivity index (χ1) is 11.4. The highest BCUT2D eigenvalue weighted by Crippen LogP contribution is 2.28. The summed E-state index contributed by atoms with van der Waals surface area (Å²) in [6, 6.07) is 7.70. The predicted molar refractivity (Wildman–Crippen MR) is 88.0 cm³/mol. The third kappa shape index (κ3) is 7.34. The normalized spacial score (nSPS) is 19.2. The zero-order valence-electron chi connectivity index (χ0n) is 13.5. The number of piperidine rings is 1. The Kier molecular flexibility index (Phi) is 8.29. The quantitative estimate of drug-likeness (QED) is 0.703. The third-order valence-corrected chi connectivity index (χ3v) is 3.47. The summed E-state index contributed by atoms with van der Waals surface area (Å²) in [4.78, 5) is 10.2. The molecule has 6 nitrogen and oxygen atoms in total. The topological polar surface area (TPSA) is 68.8 Å². The van der Waals surface area contributed by atoms with Crippen LogP contribution in [-0.2, 0) is 9.53 Å². The lowest BCUT2D eigenvalue weighted by Gasteiger charge is -2.17. The van der Waals surface area contributed by atoms with E-state index in [-0.39, 0.29) is 5.97 Å². The highest BCUT2D eigenvalue weighted by molar-refractivity contribution is 5.72. The van der Waals surface area contributed by atoms with Crippen LogP contribution in [0.4, 0.5) is 0 Å². The zero-order valence-corrected chi connectivity index (χ0v) is 13.5. The zero-order chi connectivity index (χ0) is 16.2. The number of carbonyl (C=O) groups excluding carboxylic acids is 1. The van der Waals surface area contributed by atoms with E-state index in [4.69, 9.17) is 9.47 Å². The SMILES string of the molecule is C1CCNCC1.O=C1CNCCO1.c1ccc2c(c1)OCCO2. The van der Waals surface area contributed by atoms with E-state index in [0.717, 1.165) is 18.0 Å². The molecule has 128 valence electrons. The Morgan fingerprint density at radius 3 is 1.74 bits per heavy atom. The van der Waals surface area contributed by atoms with E-state index in [0.29, 0.717) is 26.4 Å². The lowest BCUT2D eigenvalue weighted by atomic mass is 10.2. The van der Waals surface area contributed by atoms with E-state index in [2.05, 4.69) is 15.4 Å². The molecule has 4 rings (SSSR count). The third-order valence-electron chi connectivity index (χ3n) is 3.47.